The zero-order valence-corrected chi connectivity index (χ0v) is 19.1. The summed E-state index contributed by atoms with van der Waals surface area (Å²) >= 11 is 6.03. The van der Waals surface area contributed by atoms with Crippen LogP contribution in [0.15, 0.2) is 42.5 Å². The molecule has 0 aliphatic heterocycles. The number of nitrogens with zero attached hydrogens (tertiary/aromatic N) is 3. The first-order chi connectivity index (χ1) is 15.4. The molecular formula is C24H25ClN4O3. The summed E-state index contributed by atoms with van der Waals surface area (Å²) in [6.45, 7) is 1.90. The van der Waals surface area contributed by atoms with Gasteiger partial charge in [0.05, 0.1) is 25.0 Å². The molecule has 1 heterocycles. The number of carbonyl (C=O) groups excluding carboxylic acids is 2. The summed E-state index contributed by atoms with van der Waals surface area (Å²) in [5.41, 5.74) is 4.98. The fourth-order valence-corrected chi connectivity index (χ4v) is 4.22. The molecule has 0 saturated heterocycles. The molecule has 1 aromatic heterocycles. The average molecular weight is 453 g/mol. The van der Waals surface area contributed by atoms with Crippen molar-refractivity contribution in [2.45, 2.75) is 26.2 Å². The van der Waals surface area contributed by atoms with E-state index in [9.17, 15) is 9.59 Å². The minimum absolute atomic E-state index is 0.125. The molecule has 0 atom stereocenters. The van der Waals surface area contributed by atoms with Crippen LogP contribution in [0.25, 0.3) is 5.69 Å². The van der Waals surface area contributed by atoms with E-state index in [0.717, 1.165) is 41.8 Å². The molecule has 1 N–H and O–H groups in total. The number of hydrogen-bond donors (Lipinski definition) is 1. The number of fused-ring (bicyclic) bond motifs is 1. The highest BCUT2D eigenvalue weighted by Crippen LogP contribution is 2.30. The highest BCUT2D eigenvalue weighted by molar-refractivity contribution is 6.31. The molecule has 2 aromatic carbocycles. The number of aryl methyl sites for hydroxylation is 1. The first-order valence-corrected chi connectivity index (χ1v) is 10.8. The van der Waals surface area contributed by atoms with Crippen molar-refractivity contribution in [3.8, 4) is 11.4 Å². The number of benzene rings is 2. The Morgan fingerprint density at radius 2 is 2.00 bits per heavy atom. The average Bonchev–Trinajstić information content (AvgIpc) is 3.37. The highest BCUT2D eigenvalue weighted by atomic mass is 35.5. The van der Waals surface area contributed by atoms with Gasteiger partial charge in [-0.15, -0.1) is 0 Å². The maximum atomic E-state index is 13.2. The van der Waals surface area contributed by atoms with Gasteiger partial charge >= 0.3 is 0 Å². The van der Waals surface area contributed by atoms with Crippen LogP contribution < -0.4 is 10.1 Å². The number of carbonyl (C=O) groups is 2. The number of rotatable bonds is 6. The minimum Gasteiger partial charge on any atom is -0.495 e. The Hall–Kier alpha value is -3.32. The van der Waals surface area contributed by atoms with Gasteiger partial charge in [-0.25, -0.2) is 4.68 Å². The molecule has 0 bridgehead atoms. The standard InChI is InChI=1S/C24H25ClN4O3/c1-15-7-4-5-9-19(15)29-20-10-6-8-17(20)23(27-29)24(31)28(2)14-22(30)26-18-13-16(25)11-12-21(18)32-3/h4-5,7,9,11-13H,6,8,10,14H2,1-3H3,(H,26,30). The fourth-order valence-electron chi connectivity index (χ4n) is 4.05. The Balaban J connectivity index is 1.54. The number of nitrogens with one attached hydrogen (secondary N) is 1. The number of halogens is 1. The van der Waals surface area contributed by atoms with E-state index in [2.05, 4.69) is 10.4 Å². The largest absolute Gasteiger partial charge is 0.495 e. The maximum Gasteiger partial charge on any atom is 0.274 e. The minimum atomic E-state index is -0.351. The highest BCUT2D eigenvalue weighted by Gasteiger charge is 2.29. The summed E-state index contributed by atoms with van der Waals surface area (Å²) in [5, 5.41) is 7.91. The lowest BCUT2D eigenvalue weighted by atomic mass is 10.1. The number of aromatic nitrogens is 2. The number of ether oxygens (including phenoxy) is 1. The van der Waals surface area contributed by atoms with Crippen LogP contribution in [-0.4, -0.2) is 47.2 Å². The third-order valence-electron chi connectivity index (χ3n) is 5.64. The summed E-state index contributed by atoms with van der Waals surface area (Å²) in [7, 11) is 3.12. The lowest BCUT2D eigenvalue weighted by Gasteiger charge is -2.17. The van der Waals surface area contributed by atoms with Crippen LogP contribution in [0.1, 0.15) is 33.7 Å². The van der Waals surface area contributed by atoms with Gasteiger partial charge in [0.1, 0.15) is 5.75 Å². The van der Waals surface area contributed by atoms with Crippen molar-refractivity contribution in [3.05, 3.63) is 70.0 Å². The lowest BCUT2D eigenvalue weighted by Crippen LogP contribution is -2.35. The monoisotopic (exact) mass is 452 g/mol. The van der Waals surface area contributed by atoms with E-state index in [1.54, 1.807) is 25.2 Å². The number of anilines is 1. The first kappa shape index (κ1) is 21.9. The normalized spacial score (nSPS) is 12.4. The topological polar surface area (TPSA) is 76.5 Å². The van der Waals surface area contributed by atoms with Crippen molar-refractivity contribution in [1.29, 1.82) is 0 Å². The van der Waals surface area contributed by atoms with Crippen molar-refractivity contribution in [2.24, 2.45) is 0 Å². The van der Waals surface area contributed by atoms with Crippen LogP contribution in [0.5, 0.6) is 5.75 Å². The predicted molar refractivity (Wildman–Crippen MR) is 124 cm³/mol. The number of methoxy groups -OCH3 is 1. The van der Waals surface area contributed by atoms with E-state index < -0.39 is 0 Å². The predicted octanol–water partition coefficient (Wildman–Crippen LogP) is 4.04. The van der Waals surface area contributed by atoms with E-state index in [4.69, 9.17) is 16.3 Å². The Morgan fingerprint density at radius 3 is 2.75 bits per heavy atom. The van der Waals surface area contributed by atoms with Gasteiger partial charge in [0.2, 0.25) is 5.91 Å². The summed E-state index contributed by atoms with van der Waals surface area (Å²) in [5.74, 6) is -0.133. The SMILES string of the molecule is COc1ccc(Cl)cc1NC(=O)CN(C)C(=O)c1nn(-c2ccccc2C)c2c1CCC2. The van der Waals surface area contributed by atoms with Gasteiger partial charge < -0.3 is 15.0 Å². The number of amides is 2. The van der Waals surface area contributed by atoms with E-state index in [0.29, 0.717) is 22.2 Å². The van der Waals surface area contributed by atoms with Gasteiger partial charge in [0, 0.05) is 23.3 Å². The molecule has 7 nitrogen and oxygen atoms in total. The van der Waals surface area contributed by atoms with Crippen LogP contribution in [0, 0.1) is 6.92 Å². The maximum absolute atomic E-state index is 13.2. The molecule has 0 unspecified atom stereocenters. The van der Waals surface area contributed by atoms with Crippen LogP contribution in [-0.2, 0) is 17.6 Å². The Labute approximate surface area is 191 Å². The summed E-state index contributed by atoms with van der Waals surface area (Å²) in [6, 6.07) is 12.9. The molecule has 0 radical (unpaired) electrons. The molecule has 8 heteroatoms. The molecule has 0 saturated carbocycles. The number of hydrogen-bond acceptors (Lipinski definition) is 4. The van der Waals surface area contributed by atoms with Crippen LogP contribution >= 0.6 is 11.6 Å². The zero-order valence-electron chi connectivity index (χ0n) is 18.3. The fraction of sp³-hybridized carbons (Fsp3) is 0.292. The summed E-state index contributed by atoms with van der Waals surface area (Å²) in [6.07, 6.45) is 2.67. The summed E-state index contributed by atoms with van der Waals surface area (Å²) < 4.78 is 7.15. The van der Waals surface area contributed by atoms with Crippen molar-refractivity contribution in [2.75, 3.05) is 26.0 Å². The van der Waals surface area contributed by atoms with Crippen LogP contribution in [0.2, 0.25) is 5.02 Å². The molecule has 3 aromatic rings. The van der Waals surface area contributed by atoms with Crippen molar-refractivity contribution in [3.63, 3.8) is 0 Å². The van der Waals surface area contributed by atoms with E-state index in [-0.39, 0.29) is 18.4 Å². The van der Waals surface area contributed by atoms with Gasteiger partial charge in [-0.3, -0.25) is 9.59 Å². The smallest absolute Gasteiger partial charge is 0.274 e. The van der Waals surface area contributed by atoms with Gasteiger partial charge in [-0.2, -0.15) is 5.10 Å². The van der Waals surface area contributed by atoms with Crippen LogP contribution in [0.4, 0.5) is 5.69 Å². The van der Waals surface area contributed by atoms with Crippen molar-refractivity contribution in [1.82, 2.24) is 14.7 Å². The molecule has 32 heavy (non-hydrogen) atoms. The molecular weight excluding hydrogens is 428 g/mol. The lowest BCUT2D eigenvalue weighted by molar-refractivity contribution is -0.116. The first-order valence-electron chi connectivity index (χ1n) is 10.4. The molecule has 1 aliphatic carbocycles. The molecule has 0 spiro atoms. The molecule has 1 aliphatic rings. The molecule has 166 valence electrons. The number of likely N-dealkylation sites (N-methyl/N-ethyl adjacent to an activating group) is 1. The Kier molecular flexibility index (Phi) is 6.19. The van der Waals surface area contributed by atoms with Crippen molar-refractivity contribution < 1.29 is 14.3 Å². The Morgan fingerprint density at radius 1 is 1.22 bits per heavy atom. The van der Waals surface area contributed by atoms with Gasteiger partial charge in [-0.05, 0) is 56.0 Å². The second-order valence-electron chi connectivity index (χ2n) is 7.88. The second kappa shape index (κ2) is 9.04. The number of para-hydroxylation sites is 1. The van der Waals surface area contributed by atoms with E-state index >= 15 is 0 Å². The van der Waals surface area contributed by atoms with E-state index in [1.807, 2.05) is 35.9 Å². The van der Waals surface area contributed by atoms with Gasteiger partial charge in [-0.1, -0.05) is 29.8 Å². The van der Waals surface area contributed by atoms with Crippen molar-refractivity contribution >= 4 is 29.1 Å². The summed E-state index contributed by atoms with van der Waals surface area (Å²) in [4.78, 5) is 27.2. The Bertz CT molecular complexity index is 1190. The van der Waals surface area contributed by atoms with Gasteiger partial charge in [0.25, 0.3) is 5.91 Å². The molecule has 0 fully saturated rings. The third kappa shape index (κ3) is 4.21. The van der Waals surface area contributed by atoms with Gasteiger partial charge in [0.15, 0.2) is 5.69 Å². The molecule has 4 rings (SSSR count). The second-order valence-corrected chi connectivity index (χ2v) is 8.32. The van der Waals surface area contributed by atoms with Crippen LogP contribution in [0.3, 0.4) is 0 Å². The van der Waals surface area contributed by atoms with E-state index in [1.165, 1.54) is 12.0 Å². The molecule has 2 amide bonds. The zero-order chi connectivity index (χ0) is 22.8. The third-order valence-corrected chi connectivity index (χ3v) is 5.87. The quantitative estimate of drug-likeness (QED) is 0.612.